The first-order chi connectivity index (χ1) is 15.3. The van der Waals surface area contributed by atoms with Crippen LogP contribution >= 0.6 is 0 Å². The molecule has 5 heterocycles. The zero-order valence-electron chi connectivity index (χ0n) is 18.0. The zero-order chi connectivity index (χ0) is 20.8. The minimum absolute atomic E-state index is 0.539. The fraction of sp³-hybridized carbons (Fsp3) is 0.440. The van der Waals surface area contributed by atoms with Crippen molar-refractivity contribution in [1.82, 2.24) is 20.1 Å². The Morgan fingerprint density at radius 1 is 1.13 bits per heavy atom. The zero-order valence-corrected chi connectivity index (χ0v) is 18.0. The first kappa shape index (κ1) is 18.9. The molecule has 6 nitrogen and oxygen atoms in total. The summed E-state index contributed by atoms with van der Waals surface area (Å²) >= 11 is 0. The molecule has 1 N–H and O–H groups in total. The van der Waals surface area contributed by atoms with E-state index in [4.69, 9.17) is 9.72 Å². The summed E-state index contributed by atoms with van der Waals surface area (Å²) in [5, 5.41) is 8.15. The number of fused-ring (bicyclic) bond motifs is 5. The average Bonchev–Trinajstić information content (AvgIpc) is 3.34. The van der Waals surface area contributed by atoms with Gasteiger partial charge in [-0.1, -0.05) is 12.5 Å². The summed E-state index contributed by atoms with van der Waals surface area (Å²) in [4.78, 5) is 7.48. The minimum atomic E-state index is 0.539. The van der Waals surface area contributed by atoms with Gasteiger partial charge in [0, 0.05) is 42.6 Å². The highest BCUT2D eigenvalue weighted by Crippen LogP contribution is 2.39. The third-order valence-electron chi connectivity index (χ3n) is 7.12. The van der Waals surface area contributed by atoms with Gasteiger partial charge in [-0.15, -0.1) is 0 Å². The largest absolute Gasteiger partial charge is 0.472 e. The number of hydrogen-bond acceptors (Lipinski definition) is 5. The Labute approximate surface area is 183 Å². The molecule has 1 aromatic carbocycles. The quantitative estimate of drug-likeness (QED) is 0.688. The molecule has 6 rings (SSSR count). The average molecular weight is 416 g/mol. The maximum atomic E-state index is 6.14. The summed E-state index contributed by atoms with van der Waals surface area (Å²) in [6.45, 7) is 3.75. The molecule has 2 saturated heterocycles. The smallest absolute Gasteiger partial charge is 0.223 e. The maximum Gasteiger partial charge on any atom is 0.223 e. The first-order valence-corrected chi connectivity index (χ1v) is 11.6. The van der Waals surface area contributed by atoms with E-state index >= 15 is 0 Å². The Morgan fingerprint density at radius 2 is 1.97 bits per heavy atom. The summed E-state index contributed by atoms with van der Waals surface area (Å²) < 4.78 is 8.02. The molecule has 0 amide bonds. The van der Waals surface area contributed by atoms with E-state index in [1.165, 1.54) is 43.2 Å². The lowest BCUT2D eigenvalue weighted by atomic mass is 9.83. The molecule has 0 aliphatic carbocycles. The van der Waals surface area contributed by atoms with Gasteiger partial charge in [-0.2, -0.15) is 10.1 Å². The van der Waals surface area contributed by atoms with Crippen LogP contribution in [0.2, 0.25) is 0 Å². The summed E-state index contributed by atoms with van der Waals surface area (Å²) in [6, 6.07) is 14.6. The molecule has 160 valence electrons. The number of pyridine rings is 1. The molecule has 3 aromatic rings. The molecule has 0 radical (unpaired) electrons. The minimum Gasteiger partial charge on any atom is -0.472 e. The van der Waals surface area contributed by atoms with E-state index in [1.54, 1.807) is 6.20 Å². The third kappa shape index (κ3) is 3.39. The SMILES string of the molecule is CCN(c1ccc2c(n1)OCc1cc(-n3cccn3)ccc1-2)C1CC2CCCC(C1)N2. The van der Waals surface area contributed by atoms with E-state index in [0.29, 0.717) is 24.7 Å². The number of hydrogen-bond donors (Lipinski definition) is 1. The van der Waals surface area contributed by atoms with Crippen molar-refractivity contribution in [2.24, 2.45) is 0 Å². The van der Waals surface area contributed by atoms with E-state index in [9.17, 15) is 0 Å². The topological polar surface area (TPSA) is 55.2 Å². The van der Waals surface area contributed by atoms with E-state index < -0.39 is 0 Å². The summed E-state index contributed by atoms with van der Waals surface area (Å²) in [6.07, 6.45) is 10.2. The van der Waals surface area contributed by atoms with Crippen LogP contribution in [0.15, 0.2) is 48.8 Å². The van der Waals surface area contributed by atoms with Gasteiger partial charge in [-0.3, -0.25) is 0 Å². The highest BCUT2D eigenvalue weighted by Gasteiger charge is 2.34. The van der Waals surface area contributed by atoms with Gasteiger partial charge < -0.3 is 15.0 Å². The van der Waals surface area contributed by atoms with Crippen molar-refractivity contribution in [3.63, 3.8) is 0 Å². The molecular formula is C25H29N5O. The number of piperidine rings is 2. The van der Waals surface area contributed by atoms with Crippen LogP contribution in [0.1, 0.15) is 44.6 Å². The Morgan fingerprint density at radius 3 is 2.74 bits per heavy atom. The second-order valence-electron chi connectivity index (χ2n) is 9.01. The highest BCUT2D eigenvalue weighted by molar-refractivity contribution is 5.75. The van der Waals surface area contributed by atoms with Crippen molar-refractivity contribution in [1.29, 1.82) is 0 Å². The van der Waals surface area contributed by atoms with Gasteiger partial charge in [0.05, 0.1) is 5.69 Å². The predicted octanol–water partition coefficient (Wildman–Crippen LogP) is 4.33. The van der Waals surface area contributed by atoms with Crippen LogP contribution < -0.4 is 15.0 Å². The number of anilines is 1. The van der Waals surface area contributed by atoms with Crippen molar-refractivity contribution in [2.45, 2.75) is 63.8 Å². The Hall–Kier alpha value is -2.86. The lowest BCUT2D eigenvalue weighted by Gasteiger charge is -2.44. The summed E-state index contributed by atoms with van der Waals surface area (Å²) in [5.74, 6) is 1.80. The number of aromatic nitrogens is 3. The fourth-order valence-corrected chi connectivity index (χ4v) is 5.68. The molecule has 3 aliphatic rings. The molecule has 2 aromatic heterocycles. The number of rotatable bonds is 4. The first-order valence-electron chi connectivity index (χ1n) is 11.6. The lowest BCUT2D eigenvalue weighted by Crippen LogP contribution is -2.55. The molecule has 2 atom stereocenters. The van der Waals surface area contributed by atoms with Crippen LogP contribution in [0.25, 0.3) is 16.8 Å². The van der Waals surface area contributed by atoms with Crippen LogP contribution in [0.4, 0.5) is 5.82 Å². The van der Waals surface area contributed by atoms with E-state index in [2.05, 4.69) is 52.6 Å². The van der Waals surface area contributed by atoms with Gasteiger partial charge in [0.25, 0.3) is 0 Å². The molecule has 0 spiro atoms. The van der Waals surface area contributed by atoms with Crippen LogP contribution in [0.5, 0.6) is 5.88 Å². The van der Waals surface area contributed by atoms with Crippen LogP contribution in [-0.4, -0.2) is 39.4 Å². The van der Waals surface area contributed by atoms with Gasteiger partial charge in [0.15, 0.2) is 0 Å². The van der Waals surface area contributed by atoms with Crippen molar-refractivity contribution in [2.75, 3.05) is 11.4 Å². The van der Waals surface area contributed by atoms with Crippen molar-refractivity contribution < 1.29 is 4.74 Å². The Kier molecular flexibility index (Phi) is 4.68. The molecule has 2 unspecified atom stereocenters. The second-order valence-corrected chi connectivity index (χ2v) is 9.01. The number of ether oxygens (including phenoxy) is 1. The monoisotopic (exact) mass is 415 g/mol. The van der Waals surface area contributed by atoms with Gasteiger partial charge in [-0.05, 0) is 74.1 Å². The molecule has 3 aliphatic heterocycles. The van der Waals surface area contributed by atoms with E-state index in [-0.39, 0.29) is 0 Å². The van der Waals surface area contributed by atoms with Gasteiger partial charge in [0.2, 0.25) is 5.88 Å². The highest BCUT2D eigenvalue weighted by atomic mass is 16.5. The number of nitrogens with zero attached hydrogens (tertiary/aromatic N) is 4. The van der Waals surface area contributed by atoms with Gasteiger partial charge >= 0.3 is 0 Å². The molecule has 0 saturated carbocycles. The third-order valence-corrected chi connectivity index (χ3v) is 7.12. The van der Waals surface area contributed by atoms with Crippen molar-refractivity contribution >= 4 is 5.82 Å². The van der Waals surface area contributed by atoms with E-state index in [0.717, 1.165) is 29.5 Å². The molecular weight excluding hydrogens is 386 g/mol. The number of benzene rings is 1. The van der Waals surface area contributed by atoms with Gasteiger partial charge in [0.1, 0.15) is 12.4 Å². The lowest BCUT2D eigenvalue weighted by molar-refractivity contribution is 0.216. The maximum absolute atomic E-state index is 6.14. The second kappa shape index (κ2) is 7.68. The van der Waals surface area contributed by atoms with E-state index in [1.807, 2.05) is 16.9 Å². The molecule has 2 fully saturated rings. The Bertz CT molecular complexity index is 1070. The van der Waals surface area contributed by atoms with Crippen LogP contribution in [0, 0.1) is 0 Å². The molecule has 31 heavy (non-hydrogen) atoms. The summed E-state index contributed by atoms with van der Waals surface area (Å²) in [7, 11) is 0. The van der Waals surface area contributed by atoms with Gasteiger partial charge in [-0.25, -0.2) is 4.68 Å². The molecule has 2 bridgehead atoms. The summed E-state index contributed by atoms with van der Waals surface area (Å²) in [5.41, 5.74) is 4.51. The number of nitrogens with one attached hydrogen (secondary N) is 1. The Balaban J connectivity index is 1.29. The fourth-order valence-electron chi connectivity index (χ4n) is 5.68. The standard InChI is InChI=1S/C25H29N5O/c1-2-29(21-14-18-5-3-6-19(15-21)27-18)24-10-9-23-22-8-7-20(30-12-4-11-26-30)13-17(22)16-31-25(23)28-24/h4,7-13,18-19,21,27H,2-3,5-6,14-16H2,1H3. The van der Waals surface area contributed by atoms with Crippen molar-refractivity contribution in [3.05, 3.63) is 54.4 Å². The van der Waals surface area contributed by atoms with Crippen LogP contribution in [-0.2, 0) is 6.61 Å². The van der Waals surface area contributed by atoms with Crippen LogP contribution in [0.3, 0.4) is 0 Å². The molecule has 6 heteroatoms. The van der Waals surface area contributed by atoms with Crippen molar-refractivity contribution in [3.8, 4) is 22.7 Å². The normalized spacial score (nSPS) is 24.1. The predicted molar refractivity (Wildman–Crippen MR) is 122 cm³/mol.